The molecule has 0 unspecified atom stereocenters. The van der Waals surface area contributed by atoms with Crippen LogP contribution in [0, 0.1) is 6.92 Å². The van der Waals surface area contributed by atoms with E-state index in [9.17, 15) is 0 Å². The number of aryl methyl sites for hydroxylation is 1. The molecule has 104 valence electrons. The highest BCUT2D eigenvalue weighted by molar-refractivity contribution is 5.98. The van der Waals surface area contributed by atoms with Crippen LogP contribution in [-0.2, 0) is 17.9 Å². The molecule has 2 heterocycles. The molecule has 0 amide bonds. The van der Waals surface area contributed by atoms with Gasteiger partial charge >= 0.3 is 0 Å². The summed E-state index contributed by atoms with van der Waals surface area (Å²) in [4.78, 5) is 7.48. The molecule has 1 aliphatic heterocycles. The smallest absolute Gasteiger partial charge is 0.113 e. The van der Waals surface area contributed by atoms with Crippen molar-refractivity contribution in [1.29, 1.82) is 0 Å². The Morgan fingerprint density at radius 2 is 2.16 bits per heavy atom. The zero-order valence-electron chi connectivity index (χ0n) is 12.0. The first-order valence-electron chi connectivity index (χ1n) is 7.09. The lowest BCUT2D eigenvalue weighted by atomic mass is 10.1. The summed E-state index contributed by atoms with van der Waals surface area (Å²) in [6.45, 7) is 7.36. The lowest BCUT2D eigenvalue weighted by molar-refractivity contribution is 0.213. The van der Waals surface area contributed by atoms with Crippen LogP contribution in [0.1, 0.15) is 43.1 Å². The van der Waals surface area contributed by atoms with Crippen LogP contribution in [0.3, 0.4) is 0 Å². The van der Waals surface area contributed by atoms with E-state index in [1.807, 2.05) is 6.92 Å². The Labute approximate surface area is 114 Å². The van der Waals surface area contributed by atoms with Crippen LogP contribution >= 0.6 is 0 Å². The van der Waals surface area contributed by atoms with E-state index in [0.717, 1.165) is 30.5 Å². The van der Waals surface area contributed by atoms with Gasteiger partial charge < -0.3 is 4.84 Å². The Hall–Kier alpha value is -1.36. The van der Waals surface area contributed by atoms with Gasteiger partial charge in [-0.05, 0) is 33.1 Å². The minimum absolute atomic E-state index is 0.818. The first-order valence-corrected chi connectivity index (χ1v) is 7.09. The summed E-state index contributed by atoms with van der Waals surface area (Å²) in [6, 6.07) is 0.818. The molecular formula is C14H22N4O. The van der Waals surface area contributed by atoms with Crippen molar-refractivity contribution in [3.8, 4) is 0 Å². The van der Waals surface area contributed by atoms with E-state index in [1.165, 1.54) is 37.1 Å². The first kappa shape index (κ1) is 12.7. The van der Waals surface area contributed by atoms with Crippen LogP contribution in [0.25, 0.3) is 0 Å². The lowest BCUT2D eigenvalue weighted by Crippen LogP contribution is -2.25. The van der Waals surface area contributed by atoms with Gasteiger partial charge in [-0.3, -0.25) is 9.58 Å². The number of fused-ring (bicyclic) bond motifs is 1. The molecule has 2 aliphatic rings. The van der Waals surface area contributed by atoms with Crippen molar-refractivity contribution < 1.29 is 4.84 Å². The van der Waals surface area contributed by atoms with Crippen LogP contribution < -0.4 is 0 Å². The van der Waals surface area contributed by atoms with Gasteiger partial charge in [0, 0.05) is 31.2 Å². The minimum Gasteiger partial charge on any atom is -0.399 e. The van der Waals surface area contributed by atoms with Crippen molar-refractivity contribution in [3.05, 3.63) is 17.0 Å². The summed E-state index contributed by atoms with van der Waals surface area (Å²) in [7, 11) is 1.58. The standard InChI is InChI=1S/C14H22N4O/c1-10-13-9-17(12-5-6-12)7-4-8-18(13)15-14(10)11(2)16-19-3/h12H,4-9H2,1-3H3/b16-11+. The molecule has 0 atom stereocenters. The number of hydrogen-bond donors (Lipinski definition) is 0. The maximum absolute atomic E-state index is 4.87. The van der Waals surface area contributed by atoms with Crippen molar-refractivity contribution in [2.24, 2.45) is 5.16 Å². The average Bonchev–Trinajstić information content (AvgIpc) is 3.19. The molecule has 0 bridgehead atoms. The van der Waals surface area contributed by atoms with Gasteiger partial charge in [0.15, 0.2) is 0 Å². The fourth-order valence-electron chi connectivity index (χ4n) is 2.94. The summed E-state index contributed by atoms with van der Waals surface area (Å²) in [5, 5.41) is 8.74. The van der Waals surface area contributed by atoms with E-state index < -0.39 is 0 Å². The fraction of sp³-hybridized carbons (Fsp3) is 0.714. The third-order valence-electron chi connectivity index (χ3n) is 4.12. The van der Waals surface area contributed by atoms with E-state index in [-0.39, 0.29) is 0 Å². The molecule has 1 fully saturated rings. The molecule has 19 heavy (non-hydrogen) atoms. The van der Waals surface area contributed by atoms with Crippen molar-refractivity contribution in [1.82, 2.24) is 14.7 Å². The van der Waals surface area contributed by atoms with Crippen molar-refractivity contribution in [2.45, 2.75) is 52.2 Å². The second kappa shape index (κ2) is 4.96. The molecule has 0 aromatic carbocycles. The van der Waals surface area contributed by atoms with Crippen molar-refractivity contribution in [2.75, 3.05) is 13.7 Å². The van der Waals surface area contributed by atoms with E-state index in [0.29, 0.717) is 0 Å². The highest BCUT2D eigenvalue weighted by Crippen LogP contribution is 2.31. The second-order valence-electron chi connectivity index (χ2n) is 5.56. The normalized spacial score (nSPS) is 21.1. The van der Waals surface area contributed by atoms with Crippen molar-refractivity contribution >= 4 is 5.71 Å². The monoisotopic (exact) mass is 262 g/mol. The van der Waals surface area contributed by atoms with Gasteiger partial charge in [0.2, 0.25) is 0 Å². The third kappa shape index (κ3) is 2.39. The molecular weight excluding hydrogens is 240 g/mol. The van der Waals surface area contributed by atoms with Gasteiger partial charge in [0.1, 0.15) is 18.5 Å². The van der Waals surface area contributed by atoms with Crippen LogP contribution in [0.5, 0.6) is 0 Å². The van der Waals surface area contributed by atoms with Gasteiger partial charge in [-0.2, -0.15) is 5.10 Å². The Balaban J connectivity index is 1.92. The molecule has 1 aliphatic carbocycles. The summed E-state index contributed by atoms with van der Waals surface area (Å²) in [5.41, 5.74) is 4.45. The van der Waals surface area contributed by atoms with E-state index >= 15 is 0 Å². The molecule has 3 rings (SSSR count). The molecule has 0 spiro atoms. The predicted octanol–water partition coefficient (Wildman–Crippen LogP) is 1.93. The number of rotatable bonds is 3. The zero-order chi connectivity index (χ0) is 13.4. The van der Waals surface area contributed by atoms with Gasteiger partial charge in [-0.1, -0.05) is 5.16 Å². The van der Waals surface area contributed by atoms with E-state index in [2.05, 4.69) is 21.7 Å². The predicted molar refractivity (Wildman–Crippen MR) is 74.2 cm³/mol. The summed E-state index contributed by atoms with van der Waals surface area (Å²) >= 11 is 0. The third-order valence-corrected chi connectivity index (χ3v) is 4.12. The zero-order valence-corrected chi connectivity index (χ0v) is 12.0. The summed E-state index contributed by atoms with van der Waals surface area (Å²) in [5.74, 6) is 0. The van der Waals surface area contributed by atoms with Crippen LogP contribution in [0.4, 0.5) is 0 Å². The molecule has 5 nitrogen and oxygen atoms in total. The lowest BCUT2D eigenvalue weighted by Gasteiger charge is -2.18. The molecule has 1 saturated carbocycles. The average molecular weight is 262 g/mol. The van der Waals surface area contributed by atoms with E-state index in [1.54, 1.807) is 7.11 Å². The van der Waals surface area contributed by atoms with Crippen LogP contribution in [-0.4, -0.2) is 40.1 Å². The maximum Gasteiger partial charge on any atom is 0.113 e. The van der Waals surface area contributed by atoms with Gasteiger partial charge in [-0.25, -0.2) is 0 Å². The Morgan fingerprint density at radius 3 is 2.84 bits per heavy atom. The maximum atomic E-state index is 4.87. The number of aromatic nitrogens is 2. The number of oxime groups is 1. The molecule has 1 aromatic rings. The molecule has 1 aromatic heterocycles. The Kier molecular flexibility index (Phi) is 3.31. The van der Waals surface area contributed by atoms with Gasteiger partial charge in [0.05, 0.1) is 5.69 Å². The minimum atomic E-state index is 0.818. The SMILES string of the molecule is CO/N=C(\C)c1nn2c(c1C)CN(C1CC1)CCC2. The van der Waals surface area contributed by atoms with Crippen molar-refractivity contribution in [3.63, 3.8) is 0 Å². The number of nitrogens with zero attached hydrogens (tertiary/aromatic N) is 4. The van der Waals surface area contributed by atoms with Crippen LogP contribution in [0.15, 0.2) is 5.16 Å². The highest BCUT2D eigenvalue weighted by Gasteiger charge is 2.31. The Morgan fingerprint density at radius 1 is 1.37 bits per heavy atom. The quantitative estimate of drug-likeness (QED) is 0.617. The number of hydrogen-bond acceptors (Lipinski definition) is 4. The molecule has 0 radical (unpaired) electrons. The fourth-order valence-corrected chi connectivity index (χ4v) is 2.94. The molecule has 0 N–H and O–H groups in total. The largest absolute Gasteiger partial charge is 0.399 e. The second-order valence-corrected chi connectivity index (χ2v) is 5.56. The molecule has 0 saturated heterocycles. The summed E-state index contributed by atoms with van der Waals surface area (Å²) in [6.07, 6.45) is 3.92. The topological polar surface area (TPSA) is 42.7 Å². The molecule has 5 heteroatoms. The van der Waals surface area contributed by atoms with Gasteiger partial charge in [-0.15, -0.1) is 0 Å². The first-order chi connectivity index (χ1) is 9.20. The highest BCUT2D eigenvalue weighted by atomic mass is 16.6. The van der Waals surface area contributed by atoms with Gasteiger partial charge in [0.25, 0.3) is 0 Å². The summed E-state index contributed by atoms with van der Waals surface area (Å²) < 4.78 is 2.17. The Bertz CT molecular complexity index is 502. The van der Waals surface area contributed by atoms with Crippen LogP contribution in [0.2, 0.25) is 0 Å². The van der Waals surface area contributed by atoms with E-state index in [4.69, 9.17) is 9.94 Å².